The van der Waals surface area contributed by atoms with Crippen molar-refractivity contribution in [2.45, 2.75) is 20.3 Å². The fraction of sp³-hybridized carbons (Fsp3) is 0.182. The number of rotatable bonds is 5. The maximum absolute atomic E-state index is 12.9. The van der Waals surface area contributed by atoms with Crippen LogP contribution >= 0.6 is 0 Å². The number of carbonyl (C=O) groups excluding carboxylic acids is 4. The number of ether oxygens (including phenoxy) is 2. The minimum absolute atomic E-state index is 0.201. The van der Waals surface area contributed by atoms with Gasteiger partial charge in [-0.1, -0.05) is 30.7 Å². The number of carbonyl (C=O) groups is 4. The summed E-state index contributed by atoms with van der Waals surface area (Å²) in [7, 11) is 1.41. The van der Waals surface area contributed by atoms with Gasteiger partial charge in [-0.15, -0.1) is 0 Å². The van der Waals surface area contributed by atoms with E-state index in [2.05, 4.69) is 5.32 Å². The van der Waals surface area contributed by atoms with Gasteiger partial charge in [0.2, 0.25) is 0 Å². The first kappa shape index (κ1) is 20.8. The van der Waals surface area contributed by atoms with Crippen LogP contribution in [0.3, 0.4) is 0 Å². The lowest BCUT2D eigenvalue weighted by atomic mass is 10.1. The average molecular weight is 408 g/mol. The largest absolute Gasteiger partial charge is 0.493 e. The minimum Gasteiger partial charge on any atom is -0.493 e. The molecule has 0 aliphatic carbocycles. The van der Waals surface area contributed by atoms with Crippen LogP contribution in [-0.2, 0) is 14.4 Å². The Kier molecular flexibility index (Phi) is 5.96. The molecule has 0 saturated carbocycles. The highest BCUT2D eigenvalue weighted by Crippen LogP contribution is 2.30. The highest BCUT2D eigenvalue weighted by atomic mass is 16.6. The number of hydrogen-bond donors (Lipinski definition) is 1. The number of urea groups is 1. The zero-order valence-corrected chi connectivity index (χ0v) is 16.7. The first-order valence-corrected chi connectivity index (χ1v) is 9.21. The van der Waals surface area contributed by atoms with Crippen molar-refractivity contribution in [3.05, 3.63) is 59.2 Å². The second kappa shape index (κ2) is 8.60. The van der Waals surface area contributed by atoms with Crippen LogP contribution in [0.5, 0.6) is 11.5 Å². The Morgan fingerprint density at radius 1 is 1.07 bits per heavy atom. The number of nitrogens with one attached hydrogen (secondary N) is 1. The van der Waals surface area contributed by atoms with Crippen molar-refractivity contribution in [1.82, 2.24) is 5.32 Å². The van der Waals surface area contributed by atoms with E-state index in [1.807, 2.05) is 6.92 Å². The molecule has 4 amide bonds. The number of aryl methyl sites for hydroxylation is 1. The van der Waals surface area contributed by atoms with Crippen molar-refractivity contribution in [3.8, 4) is 11.5 Å². The monoisotopic (exact) mass is 408 g/mol. The molecule has 0 bridgehead atoms. The molecule has 3 rings (SSSR count). The molecule has 1 saturated heterocycles. The number of barbiturate groups is 1. The SMILES string of the molecule is CCC(=O)Oc1ccc(/C=C2/C(=O)NC(=O)N(c3ccc(C)cc3)C2=O)cc1OC. The van der Waals surface area contributed by atoms with Crippen LogP contribution in [-0.4, -0.2) is 30.9 Å². The Morgan fingerprint density at radius 2 is 1.77 bits per heavy atom. The summed E-state index contributed by atoms with van der Waals surface area (Å²) in [5.41, 5.74) is 1.56. The van der Waals surface area contributed by atoms with Gasteiger partial charge in [0.25, 0.3) is 11.8 Å². The quantitative estimate of drug-likeness (QED) is 0.353. The van der Waals surface area contributed by atoms with Gasteiger partial charge in [0.15, 0.2) is 11.5 Å². The highest BCUT2D eigenvalue weighted by molar-refractivity contribution is 6.39. The topological polar surface area (TPSA) is 102 Å². The first-order valence-electron chi connectivity index (χ1n) is 9.21. The molecular weight excluding hydrogens is 388 g/mol. The second-order valence-electron chi connectivity index (χ2n) is 6.53. The summed E-state index contributed by atoms with van der Waals surface area (Å²) < 4.78 is 10.4. The third-order valence-corrected chi connectivity index (χ3v) is 4.41. The smallest absolute Gasteiger partial charge is 0.335 e. The first-order chi connectivity index (χ1) is 14.3. The Labute approximate surface area is 173 Å². The Balaban J connectivity index is 1.96. The number of methoxy groups -OCH3 is 1. The van der Waals surface area contributed by atoms with E-state index in [0.29, 0.717) is 11.3 Å². The third kappa shape index (κ3) is 4.22. The normalized spacial score (nSPS) is 15.2. The molecule has 1 aliphatic heterocycles. The molecule has 30 heavy (non-hydrogen) atoms. The number of hydrogen-bond acceptors (Lipinski definition) is 6. The minimum atomic E-state index is -0.814. The Bertz CT molecular complexity index is 1060. The number of imide groups is 2. The maximum Gasteiger partial charge on any atom is 0.335 e. The summed E-state index contributed by atoms with van der Waals surface area (Å²) in [5.74, 6) is -1.47. The molecule has 0 atom stereocenters. The molecule has 0 radical (unpaired) electrons. The summed E-state index contributed by atoms with van der Waals surface area (Å²) in [6, 6.07) is 10.6. The van der Waals surface area contributed by atoms with Gasteiger partial charge in [0.05, 0.1) is 12.8 Å². The predicted octanol–water partition coefficient (Wildman–Crippen LogP) is 2.99. The van der Waals surface area contributed by atoms with Gasteiger partial charge in [0, 0.05) is 6.42 Å². The highest BCUT2D eigenvalue weighted by Gasteiger charge is 2.36. The summed E-state index contributed by atoms with van der Waals surface area (Å²) in [6.07, 6.45) is 1.55. The fourth-order valence-electron chi connectivity index (χ4n) is 2.81. The Morgan fingerprint density at radius 3 is 2.40 bits per heavy atom. The molecule has 1 aliphatic rings. The van der Waals surface area contributed by atoms with E-state index in [0.717, 1.165) is 10.5 Å². The number of amides is 4. The molecule has 0 spiro atoms. The van der Waals surface area contributed by atoms with Gasteiger partial charge in [-0.25, -0.2) is 9.69 Å². The van der Waals surface area contributed by atoms with E-state index in [1.165, 1.54) is 25.3 Å². The fourth-order valence-corrected chi connectivity index (χ4v) is 2.81. The van der Waals surface area contributed by atoms with E-state index in [9.17, 15) is 19.2 Å². The van der Waals surface area contributed by atoms with Crippen LogP contribution < -0.4 is 19.7 Å². The molecule has 0 unspecified atom stereocenters. The lowest BCUT2D eigenvalue weighted by Crippen LogP contribution is -2.54. The summed E-state index contributed by atoms with van der Waals surface area (Å²) >= 11 is 0. The zero-order chi connectivity index (χ0) is 21.8. The van der Waals surface area contributed by atoms with Crippen molar-refractivity contribution in [3.63, 3.8) is 0 Å². The van der Waals surface area contributed by atoms with Crippen molar-refractivity contribution in [1.29, 1.82) is 0 Å². The lowest BCUT2D eigenvalue weighted by molar-refractivity contribution is -0.134. The summed E-state index contributed by atoms with van der Waals surface area (Å²) in [4.78, 5) is 49.9. The van der Waals surface area contributed by atoms with Gasteiger partial charge in [-0.3, -0.25) is 19.7 Å². The molecule has 8 heteroatoms. The molecular formula is C22H20N2O6. The van der Waals surface area contributed by atoms with Crippen LogP contribution in [0.15, 0.2) is 48.0 Å². The van der Waals surface area contributed by atoms with Crippen molar-refractivity contribution in [2.75, 3.05) is 12.0 Å². The number of benzene rings is 2. The van der Waals surface area contributed by atoms with Crippen LogP contribution in [0.1, 0.15) is 24.5 Å². The molecule has 1 N–H and O–H groups in total. The van der Waals surface area contributed by atoms with Crippen molar-refractivity contribution in [2.24, 2.45) is 0 Å². The Hall–Kier alpha value is -3.94. The lowest BCUT2D eigenvalue weighted by Gasteiger charge is -2.26. The number of nitrogens with zero attached hydrogens (tertiary/aromatic N) is 1. The van der Waals surface area contributed by atoms with Gasteiger partial charge >= 0.3 is 12.0 Å². The second-order valence-corrected chi connectivity index (χ2v) is 6.53. The van der Waals surface area contributed by atoms with Gasteiger partial charge < -0.3 is 9.47 Å². The third-order valence-electron chi connectivity index (χ3n) is 4.41. The van der Waals surface area contributed by atoms with Crippen LogP contribution in [0.2, 0.25) is 0 Å². The van der Waals surface area contributed by atoms with E-state index in [-0.39, 0.29) is 23.5 Å². The van der Waals surface area contributed by atoms with Crippen LogP contribution in [0.4, 0.5) is 10.5 Å². The molecule has 0 aromatic heterocycles. The van der Waals surface area contributed by atoms with E-state index >= 15 is 0 Å². The molecule has 1 heterocycles. The standard InChI is InChI=1S/C22H20N2O6/c1-4-19(25)30-17-10-7-14(12-18(17)29-3)11-16-20(26)23-22(28)24(21(16)27)15-8-5-13(2)6-9-15/h5-12H,4H2,1-3H3,(H,23,26,28)/b16-11-. The van der Waals surface area contributed by atoms with Crippen LogP contribution in [0, 0.1) is 6.92 Å². The van der Waals surface area contributed by atoms with Crippen LogP contribution in [0.25, 0.3) is 6.08 Å². The van der Waals surface area contributed by atoms with Crippen molar-refractivity contribution < 1.29 is 28.7 Å². The van der Waals surface area contributed by atoms with Gasteiger partial charge in [-0.2, -0.15) is 0 Å². The van der Waals surface area contributed by atoms with E-state index in [1.54, 1.807) is 37.3 Å². The van der Waals surface area contributed by atoms with E-state index in [4.69, 9.17) is 9.47 Å². The summed E-state index contributed by atoms with van der Waals surface area (Å²) in [5, 5.41) is 2.18. The van der Waals surface area contributed by atoms with Crippen molar-refractivity contribution >= 4 is 35.6 Å². The predicted molar refractivity (Wildman–Crippen MR) is 109 cm³/mol. The molecule has 154 valence electrons. The molecule has 1 fully saturated rings. The molecule has 2 aromatic rings. The average Bonchev–Trinajstić information content (AvgIpc) is 2.73. The summed E-state index contributed by atoms with van der Waals surface area (Å²) in [6.45, 7) is 3.55. The van der Waals surface area contributed by atoms with E-state index < -0.39 is 23.8 Å². The van der Waals surface area contributed by atoms with Gasteiger partial charge in [-0.05, 0) is 42.8 Å². The number of esters is 1. The maximum atomic E-state index is 12.9. The number of anilines is 1. The van der Waals surface area contributed by atoms with Gasteiger partial charge in [0.1, 0.15) is 5.57 Å². The molecule has 8 nitrogen and oxygen atoms in total. The zero-order valence-electron chi connectivity index (χ0n) is 16.7. The molecule has 2 aromatic carbocycles.